The molecule has 0 heterocycles. The number of carbonyl (C=O) groups excluding carboxylic acids is 1. The van der Waals surface area contributed by atoms with Crippen molar-refractivity contribution in [2.75, 3.05) is 23.4 Å². The number of sulfone groups is 1. The number of nitrogens with one attached hydrogen (secondary N) is 1. The maximum absolute atomic E-state index is 12.2. The van der Waals surface area contributed by atoms with Gasteiger partial charge in [0.2, 0.25) is 10.4 Å². The molecule has 11 heteroatoms. The smallest absolute Gasteiger partial charge is 0.255 e. The van der Waals surface area contributed by atoms with Gasteiger partial charge in [0, 0.05) is 16.9 Å². The lowest BCUT2D eigenvalue weighted by atomic mass is 10.2. The lowest BCUT2D eigenvalue weighted by molar-refractivity contribution is 0.102. The van der Waals surface area contributed by atoms with Crippen LogP contribution < -0.4 is 11.1 Å². The van der Waals surface area contributed by atoms with Gasteiger partial charge in [-0.1, -0.05) is 12.1 Å². The van der Waals surface area contributed by atoms with E-state index < -0.39 is 38.5 Å². The number of nitrogens with two attached hydrogens (primary N) is 1. The van der Waals surface area contributed by atoms with Crippen LogP contribution in [0.15, 0.2) is 53.4 Å². The quantitative estimate of drug-likeness (QED) is 0.393. The summed E-state index contributed by atoms with van der Waals surface area (Å²) in [6.07, 6.45) is 0. The van der Waals surface area contributed by atoms with Crippen LogP contribution in [0.1, 0.15) is 10.4 Å². The van der Waals surface area contributed by atoms with Crippen molar-refractivity contribution in [2.24, 2.45) is 0 Å². The average molecular weight is 399 g/mol. The second-order valence-electron chi connectivity index (χ2n) is 5.16. The van der Waals surface area contributed by atoms with E-state index in [1.54, 1.807) is 18.2 Å². The van der Waals surface area contributed by atoms with Gasteiger partial charge < -0.3 is 15.6 Å². The number of anilines is 2. The summed E-state index contributed by atoms with van der Waals surface area (Å²) < 4.78 is 59.3. The molecule has 0 bridgehead atoms. The summed E-state index contributed by atoms with van der Waals surface area (Å²) in [5.41, 5.74) is 6.53. The Labute approximate surface area is 150 Å². The Morgan fingerprint density at radius 1 is 1.08 bits per heavy atom. The second kappa shape index (κ2) is 7.83. The molecule has 0 unspecified atom stereocenters. The molecule has 0 aliphatic rings. The van der Waals surface area contributed by atoms with Gasteiger partial charge in [0.1, 0.15) is 0 Å². The zero-order chi connectivity index (χ0) is 19.4. The fraction of sp³-hybridized carbons (Fsp3) is 0.133. The van der Waals surface area contributed by atoms with Crippen LogP contribution >= 0.6 is 0 Å². The van der Waals surface area contributed by atoms with Gasteiger partial charge in [-0.05, 0) is 36.4 Å². The highest BCUT2D eigenvalue weighted by molar-refractivity contribution is 7.91. The van der Waals surface area contributed by atoms with Gasteiger partial charge in [-0.25, -0.2) is 16.8 Å². The number of rotatable bonds is 7. The van der Waals surface area contributed by atoms with E-state index in [1.807, 2.05) is 0 Å². The maximum Gasteiger partial charge on any atom is 0.255 e. The molecule has 3 N–H and O–H groups in total. The number of hydrogen-bond acceptors (Lipinski definition) is 8. The van der Waals surface area contributed by atoms with Crippen molar-refractivity contribution in [3.05, 3.63) is 54.1 Å². The molecule has 9 nitrogen and oxygen atoms in total. The molecule has 0 aliphatic heterocycles. The van der Waals surface area contributed by atoms with Crippen molar-refractivity contribution in [1.82, 2.24) is 0 Å². The van der Waals surface area contributed by atoms with E-state index in [2.05, 4.69) is 9.50 Å². The molecule has 0 atom stereocenters. The van der Waals surface area contributed by atoms with Crippen LogP contribution in [0.25, 0.3) is 0 Å². The topological polar surface area (TPSA) is 156 Å². The van der Waals surface area contributed by atoms with E-state index in [0.29, 0.717) is 11.3 Å². The van der Waals surface area contributed by atoms with Crippen molar-refractivity contribution in [3.8, 4) is 0 Å². The molecule has 0 saturated heterocycles. The van der Waals surface area contributed by atoms with Crippen LogP contribution in [0.3, 0.4) is 0 Å². The molecule has 26 heavy (non-hydrogen) atoms. The van der Waals surface area contributed by atoms with Gasteiger partial charge in [0.05, 0.1) is 17.3 Å². The van der Waals surface area contributed by atoms with Crippen LogP contribution in [-0.4, -0.2) is 39.7 Å². The standard InChI is InChI=1S/C15H16N2O7S2/c16-12-4-1-3-11(9-12)15(18)17-13-5-2-6-14(10-13)25(19,20)8-7-24-26(21,22)23/h1-6,9-10H,7-8,16H2,(H,17,18)(H,21,22,23)/p-1. The lowest BCUT2D eigenvalue weighted by Gasteiger charge is -2.10. The fourth-order valence-electron chi connectivity index (χ4n) is 2.01. The summed E-state index contributed by atoms with van der Waals surface area (Å²) in [6.45, 7) is -0.798. The van der Waals surface area contributed by atoms with Crippen LogP contribution in [0.5, 0.6) is 0 Å². The average Bonchev–Trinajstić information content (AvgIpc) is 2.53. The minimum atomic E-state index is -4.97. The predicted molar refractivity (Wildman–Crippen MR) is 93.0 cm³/mol. The van der Waals surface area contributed by atoms with Crippen molar-refractivity contribution in [3.63, 3.8) is 0 Å². The Balaban J connectivity index is 2.13. The summed E-state index contributed by atoms with van der Waals surface area (Å²) >= 11 is 0. The van der Waals surface area contributed by atoms with Gasteiger partial charge >= 0.3 is 0 Å². The third kappa shape index (κ3) is 5.81. The third-order valence-electron chi connectivity index (χ3n) is 3.18. The van der Waals surface area contributed by atoms with Crippen LogP contribution in [0.2, 0.25) is 0 Å². The monoisotopic (exact) mass is 399 g/mol. The fourth-order valence-corrected chi connectivity index (χ4v) is 3.54. The molecule has 0 aliphatic carbocycles. The zero-order valence-corrected chi connectivity index (χ0v) is 14.9. The highest BCUT2D eigenvalue weighted by Crippen LogP contribution is 2.18. The highest BCUT2D eigenvalue weighted by atomic mass is 32.3. The molecule has 0 radical (unpaired) electrons. The van der Waals surface area contributed by atoms with E-state index in [9.17, 15) is 26.2 Å². The number of nitrogen functional groups attached to an aromatic ring is 1. The van der Waals surface area contributed by atoms with Gasteiger partial charge in [0.15, 0.2) is 9.84 Å². The molecule has 0 fully saturated rings. The second-order valence-corrected chi connectivity index (χ2v) is 8.32. The Bertz CT molecular complexity index is 1020. The first kappa shape index (κ1) is 19.8. The molecule has 2 aromatic rings. The van der Waals surface area contributed by atoms with Crippen LogP contribution in [0.4, 0.5) is 11.4 Å². The molecular weight excluding hydrogens is 384 g/mol. The van der Waals surface area contributed by atoms with Crippen molar-refractivity contribution < 1.29 is 30.4 Å². The number of benzene rings is 2. The van der Waals surface area contributed by atoms with E-state index >= 15 is 0 Å². The number of amides is 1. The Morgan fingerprint density at radius 3 is 2.42 bits per heavy atom. The minimum absolute atomic E-state index is 0.158. The number of carbonyl (C=O) groups is 1. The van der Waals surface area contributed by atoms with Gasteiger partial charge in [0.25, 0.3) is 5.91 Å². The molecule has 0 aromatic heterocycles. The molecule has 140 valence electrons. The summed E-state index contributed by atoms with van der Waals surface area (Å²) in [5.74, 6) is -1.19. The van der Waals surface area contributed by atoms with Crippen molar-refractivity contribution in [1.29, 1.82) is 0 Å². The lowest BCUT2D eigenvalue weighted by Crippen LogP contribution is -2.16. The van der Waals surface area contributed by atoms with E-state index in [-0.39, 0.29) is 10.6 Å². The Hall–Kier alpha value is -2.47. The molecule has 1 amide bonds. The SMILES string of the molecule is Nc1cccc(C(=O)Nc2cccc(S(=O)(=O)CCOS(=O)(=O)[O-])c2)c1. The first-order valence-electron chi connectivity index (χ1n) is 7.17. The van der Waals surface area contributed by atoms with Gasteiger partial charge in [-0.2, -0.15) is 0 Å². The highest BCUT2D eigenvalue weighted by Gasteiger charge is 2.16. The summed E-state index contributed by atoms with van der Waals surface area (Å²) in [7, 11) is -8.88. The van der Waals surface area contributed by atoms with E-state index in [0.717, 1.165) is 0 Å². The van der Waals surface area contributed by atoms with E-state index in [4.69, 9.17) is 5.73 Å². The van der Waals surface area contributed by atoms with Crippen LogP contribution in [0, 0.1) is 0 Å². The molecule has 2 rings (SSSR count). The molecular formula is C15H15N2O7S2-. The van der Waals surface area contributed by atoms with Crippen molar-refractivity contribution >= 4 is 37.5 Å². The van der Waals surface area contributed by atoms with Crippen molar-refractivity contribution in [2.45, 2.75) is 4.90 Å². The Kier molecular flexibility index (Phi) is 5.97. The maximum atomic E-state index is 12.2. The summed E-state index contributed by atoms with van der Waals surface area (Å²) in [5, 5.41) is 2.54. The number of hydrogen-bond donors (Lipinski definition) is 2. The Morgan fingerprint density at radius 2 is 1.77 bits per heavy atom. The first-order chi connectivity index (χ1) is 12.1. The minimum Gasteiger partial charge on any atom is -0.726 e. The molecule has 0 saturated carbocycles. The summed E-state index contributed by atoms with van der Waals surface area (Å²) in [6, 6.07) is 11.6. The van der Waals surface area contributed by atoms with Gasteiger partial charge in [-0.3, -0.25) is 8.98 Å². The first-order valence-corrected chi connectivity index (χ1v) is 10.2. The van der Waals surface area contributed by atoms with Gasteiger partial charge in [-0.15, -0.1) is 0 Å². The van der Waals surface area contributed by atoms with Crippen LogP contribution in [-0.2, 0) is 24.4 Å². The predicted octanol–water partition coefficient (Wildman–Crippen LogP) is 0.772. The molecule has 0 spiro atoms. The summed E-state index contributed by atoms with van der Waals surface area (Å²) in [4.78, 5) is 12.0. The van der Waals surface area contributed by atoms with E-state index in [1.165, 1.54) is 30.3 Å². The third-order valence-corrected chi connectivity index (χ3v) is 5.31. The molecule has 2 aromatic carbocycles. The zero-order valence-electron chi connectivity index (χ0n) is 13.3. The largest absolute Gasteiger partial charge is 0.726 e. The normalized spacial score (nSPS) is 11.9.